The van der Waals surface area contributed by atoms with Crippen LogP contribution in [0, 0.1) is 6.92 Å². The number of hydrogen-bond acceptors (Lipinski definition) is 2. The first kappa shape index (κ1) is 21.0. The molecular weight excluding hydrogens is 505 g/mol. The van der Waals surface area contributed by atoms with Crippen molar-refractivity contribution in [3.8, 4) is 0 Å². The lowest BCUT2D eigenvalue weighted by Crippen LogP contribution is -2.36. The normalized spacial score (nSPS) is 16.8. The van der Waals surface area contributed by atoms with Gasteiger partial charge in [-0.15, -0.1) is 0 Å². The molecular formula is C25H22INO2S. The fraction of sp³-hybridized carbons (Fsp3) is 0.120. The third-order valence-corrected chi connectivity index (χ3v) is 8.29. The van der Waals surface area contributed by atoms with Gasteiger partial charge in [0.05, 0.1) is 4.90 Å². The second-order valence-corrected chi connectivity index (χ2v) is 10.3. The van der Waals surface area contributed by atoms with Crippen LogP contribution in [0.3, 0.4) is 0 Å². The van der Waals surface area contributed by atoms with Crippen LogP contribution in [-0.4, -0.2) is 25.8 Å². The molecule has 1 heterocycles. The van der Waals surface area contributed by atoms with Gasteiger partial charge in [-0.3, -0.25) is 0 Å². The number of halogens is 1. The summed E-state index contributed by atoms with van der Waals surface area (Å²) in [4.78, 5) is 0.332. The van der Waals surface area contributed by atoms with E-state index >= 15 is 0 Å². The molecule has 0 atom stereocenters. The summed E-state index contributed by atoms with van der Waals surface area (Å²) in [5, 5.41) is 0. The Morgan fingerprint density at radius 2 is 1.47 bits per heavy atom. The maximum atomic E-state index is 13.3. The molecule has 152 valence electrons. The quantitative estimate of drug-likeness (QED) is 0.395. The summed E-state index contributed by atoms with van der Waals surface area (Å²) < 4.78 is 29.3. The molecule has 0 saturated carbocycles. The van der Waals surface area contributed by atoms with E-state index in [1.165, 1.54) is 0 Å². The van der Waals surface area contributed by atoms with Crippen molar-refractivity contribution >= 4 is 41.8 Å². The number of benzene rings is 3. The molecule has 0 radical (unpaired) electrons. The second kappa shape index (κ2) is 8.88. The van der Waals surface area contributed by atoms with Gasteiger partial charge in [0.1, 0.15) is 0 Å². The Hall–Kier alpha value is -2.22. The third kappa shape index (κ3) is 4.29. The summed E-state index contributed by atoms with van der Waals surface area (Å²) in [5.74, 6) is 0. The zero-order valence-corrected chi connectivity index (χ0v) is 19.6. The molecule has 0 spiro atoms. The van der Waals surface area contributed by atoms with Gasteiger partial charge in [-0.05, 0) is 63.9 Å². The van der Waals surface area contributed by atoms with E-state index in [-0.39, 0.29) is 0 Å². The van der Waals surface area contributed by atoms with Gasteiger partial charge < -0.3 is 0 Å². The Balaban J connectivity index is 1.80. The molecule has 1 aliphatic rings. The van der Waals surface area contributed by atoms with E-state index in [0.717, 1.165) is 31.4 Å². The molecule has 0 aromatic heterocycles. The number of hydrogen-bond donors (Lipinski definition) is 0. The first-order valence-electron chi connectivity index (χ1n) is 9.73. The largest absolute Gasteiger partial charge is 0.243 e. The molecule has 30 heavy (non-hydrogen) atoms. The van der Waals surface area contributed by atoms with E-state index in [0.29, 0.717) is 18.0 Å². The van der Waals surface area contributed by atoms with Crippen molar-refractivity contribution in [1.82, 2.24) is 4.31 Å². The summed E-state index contributed by atoms with van der Waals surface area (Å²) in [6.07, 6.45) is 2.03. The van der Waals surface area contributed by atoms with E-state index in [9.17, 15) is 8.42 Å². The highest BCUT2D eigenvalue weighted by atomic mass is 127. The third-order valence-electron chi connectivity index (χ3n) is 5.19. The Morgan fingerprint density at radius 3 is 2.10 bits per heavy atom. The number of sulfonamides is 1. The highest BCUT2D eigenvalue weighted by Gasteiger charge is 2.30. The minimum atomic E-state index is -3.58. The fourth-order valence-electron chi connectivity index (χ4n) is 3.54. The maximum Gasteiger partial charge on any atom is 0.243 e. The number of aryl methyl sites for hydroxylation is 1. The van der Waals surface area contributed by atoms with E-state index < -0.39 is 10.0 Å². The van der Waals surface area contributed by atoms with Crippen LogP contribution in [-0.2, 0) is 10.0 Å². The van der Waals surface area contributed by atoms with Crippen LogP contribution in [0.5, 0.6) is 0 Å². The molecule has 4 rings (SSSR count). The topological polar surface area (TPSA) is 37.4 Å². The lowest BCUT2D eigenvalue weighted by atomic mass is 9.93. The Kier molecular flexibility index (Phi) is 6.22. The van der Waals surface area contributed by atoms with Gasteiger partial charge in [-0.25, -0.2) is 8.42 Å². The van der Waals surface area contributed by atoms with Crippen molar-refractivity contribution in [1.29, 1.82) is 0 Å². The summed E-state index contributed by atoms with van der Waals surface area (Å²) in [7, 11) is -3.58. The predicted octanol–water partition coefficient (Wildman–Crippen LogP) is 5.93. The Bertz CT molecular complexity index is 1200. The SMILES string of the molecule is Cc1ccc(S(=O)(=O)N2CC=C(c3ccccc3)/C(=C(/I)c3ccccc3)C2)cc1. The molecule has 0 fully saturated rings. The van der Waals surface area contributed by atoms with Crippen LogP contribution in [0.2, 0.25) is 0 Å². The zero-order chi connectivity index (χ0) is 21.1. The molecule has 0 amide bonds. The standard InChI is InChI=1S/C25H22INO2S/c1-19-12-14-22(15-13-19)30(28,29)27-17-16-23(20-8-4-2-5-9-20)24(18-27)25(26)21-10-6-3-7-11-21/h2-16H,17-18H2,1H3/b25-24+. The van der Waals surface area contributed by atoms with Gasteiger partial charge in [-0.2, -0.15) is 4.31 Å². The zero-order valence-electron chi connectivity index (χ0n) is 16.6. The van der Waals surface area contributed by atoms with E-state index in [1.807, 2.05) is 61.5 Å². The molecule has 3 nitrogen and oxygen atoms in total. The van der Waals surface area contributed by atoms with E-state index in [4.69, 9.17) is 0 Å². The van der Waals surface area contributed by atoms with Gasteiger partial charge >= 0.3 is 0 Å². The average Bonchev–Trinajstić information content (AvgIpc) is 2.79. The first-order valence-corrected chi connectivity index (χ1v) is 12.3. The van der Waals surface area contributed by atoms with Crippen molar-refractivity contribution < 1.29 is 8.42 Å². The van der Waals surface area contributed by atoms with Crippen molar-refractivity contribution in [2.75, 3.05) is 13.1 Å². The molecule has 1 aliphatic heterocycles. The van der Waals surface area contributed by atoms with Crippen LogP contribution in [0.1, 0.15) is 16.7 Å². The number of nitrogens with zero attached hydrogens (tertiary/aromatic N) is 1. The Morgan fingerprint density at radius 1 is 0.867 bits per heavy atom. The predicted molar refractivity (Wildman–Crippen MR) is 132 cm³/mol. The van der Waals surface area contributed by atoms with Crippen LogP contribution in [0.25, 0.3) is 9.15 Å². The highest BCUT2D eigenvalue weighted by molar-refractivity contribution is 14.1. The van der Waals surface area contributed by atoms with Crippen LogP contribution in [0.4, 0.5) is 0 Å². The summed E-state index contributed by atoms with van der Waals surface area (Å²) >= 11 is 2.34. The van der Waals surface area contributed by atoms with Crippen LogP contribution in [0.15, 0.2) is 101 Å². The van der Waals surface area contributed by atoms with Crippen molar-refractivity contribution in [2.24, 2.45) is 0 Å². The molecule has 3 aromatic carbocycles. The smallest absolute Gasteiger partial charge is 0.207 e. The lowest BCUT2D eigenvalue weighted by molar-refractivity contribution is 0.465. The van der Waals surface area contributed by atoms with E-state index in [1.54, 1.807) is 16.4 Å². The molecule has 3 aromatic rings. The molecule has 5 heteroatoms. The summed E-state index contributed by atoms with van der Waals surface area (Å²) in [6.45, 7) is 2.64. The van der Waals surface area contributed by atoms with Crippen molar-refractivity contribution in [3.63, 3.8) is 0 Å². The van der Waals surface area contributed by atoms with Crippen molar-refractivity contribution in [2.45, 2.75) is 11.8 Å². The summed E-state index contributed by atoms with van der Waals surface area (Å²) in [5.41, 5.74) is 5.35. The van der Waals surface area contributed by atoms with Gasteiger partial charge in [0.25, 0.3) is 0 Å². The minimum absolute atomic E-state index is 0.332. The van der Waals surface area contributed by atoms with Gasteiger partial charge in [0.2, 0.25) is 10.0 Å². The fourth-order valence-corrected chi connectivity index (χ4v) is 5.71. The Labute approximate surface area is 191 Å². The monoisotopic (exact) mass is 527 g/mol. The van der Waals surface area contributed by atoms with E-state index in [2.05, 4.69) is 46.9 Å². The first-order chi connectivity index (χ1) is 14.5. The van der Waals surface area contributed by atoms with Crippen LogP contribution < -0.4 is 0 Å². The van der Waals surface area contributed by atoms with Gasteiger partial charge in [0.15, 0.2) is 0 Å². The molecule has 0 unspecified atom stereocenters. The lowest BCUT2D eigenvalue weighted by Gasteiger charge is -2.29. The minimum Gasteiger partial charge on any atom is -0.207 e. The molecule has 0 N–H and O–H groups in total. The second-order valence-electron chi connectivity index (χ2n) is 7.25. The molecule has 0 bridgehead atoms. The maximum absolute atomic E-state index is 13.3. The molecule has 0 saturated heterocycles. The van der Waals surface area contributed by atoms with Gasteiger partial charge in [0, 0.05) is 16.7 Å². The number of rotatable bonds is 4. The van der Waals surface area contributed by atoms with Gasteiger partial charge in [-0.1, -0.05) is 84.4 Å². The average molecular weight is 527 g/mol. The summed E-state index contributed by atoms with van der Waals surface area (Å²) in [6, 6.07) is 27.3. The highest BCUT2D eigenvalue weighted by Crippen LogP contribution is 2.38. The molecule has 0 aliphatic carbocycles. The van der Waals surface area contributed by atoms with Crippen molar-refractivity contribution in [3.05, 3.63) is 113 Å². The van der Waals surface area contributed by atoms with Crippen LogP contribution >= 0.6 is 22.6 Å².